The van der Waals surface area contributed by atoms with Gasteiger partial charge in [0.1, 0.15) is 0 Å². The van der Waals surface area contributed by atoms with Gasteiger partial charge < -0.3 is 10.4 Å². The fraction of sp³-hybridized carbons (Fsp3) is 0.417. The summed E-state index contributed by atoms with van der Waals surface area (Å²) in [7, 11) is 0. The van der Waals surface area contributed by atoms with E-state index in [1.165, 1.54) is 12.1 Å². The Kier molecular flexibility index (Phi) is 3.57. The van der Waals surface area contributed by atoms with E-state index in [1.54, 1.807) is 0 Å². The predicted molar refractivity (Wildman–Crippen MR) is 64.7 cm³/mol. The summed E-state index contributed by atoms with van der Waals surface area (Å²) in [5.74, 6) is -0.586. The molecular formula is C12H14N2O4. The topological polar surface area (TPSA) is 92.5 Å². The zero-order chi connectivity index (χ0) is 13.1. The molecule has 1 aromatic carbocycles. The van der Waals surface area contributed by atoms with E-state index in [9.17, 15) is 20.0 Å². The normalized spacial score (nSPS) is 16.4. The van der Waals surface area contributed by atoms with Gasteiger partial charge in [-0.1, -0.05) is 0 Å². The molecule has 1 heterocycles. The van der Waals surface area contributed by atoms with Crippen molar-refractivity contribution >= 4 is 11.5 Å². The van der Waals surface area contributed by atoms with Crippen LogP contribution < -0.4 is 5.32 Å². The summed E-state index contributed by atoms with van der Waals surface area (Å²) in [5.41, 5.74) is -0.124. The lowest BCUT2D eigenvalue weighted by molar-refractivity contribution is -0.385. The summed E-state index contributed by atoms with van der Waals surface area (Å²) in [6.07, 6.45) is 1.49. The Morgan fingerprint density at radius 2 is 2.06 bits per heavy atom. The number of nitrogens with zero attached hydrogens (tertiary/aromatic N) is 1. The molecule has 0 unspecified atom stereocenters. The molecule has 1 aromatic rings. The summed E-state index contributed by atoms with van der Waals surface area (Å²) in [6, 6.07) is 3.79. The lowest BCUT2D eigenvalue weighted by atomic mass is 9.89. The van der Waals surface area contributed by atoms with Crippen LogP contribution in [0.15, 0.2) is 18.2 Å². The Morgan fingerprint density at radius 1 is 1.39 bits per heavy atom. The van der Waals surface area contributed by atoms with Gasteiger partial charge in [0.25, 0.3) is 0 Å². The Hall–Kier alpha value is -1.95. The summed E-state index contributed by atoms with van der Waals surface area (Å²) in [6.45, 7) is 1.58. The van der Waals surface area contributed by atoms with Crippen LogP contribution in [-0.2, 0) is 0 Å². The van der Waals surface area contributed by atoms with Gasteiger partial charge in [0.05, 0.1) is 4.92 Å². The van der Waals surface area contributed by atoms with Crippen LogP contribution in [0, 0.1) is 16.0 Å². The average Bonchev–Trinajstić information content (AvgIpc) is 2.39. The molecule has 0 aromatic heterocycles. The maximum Gasteiger partial charge on any atom is 0.311 e. The number of nitro benzene ring substituents is 1. The molecule has 0 atom stereocenters. The molecule has 1 aliphatic heterocycles. The molecule has 1 fully saturated rings. The highest BCUT2D eigenvalue weighted by Gasteiger charge is 2.24. The fourth-order valence-corrected chi connectivity index (χ4v) is 2.14. The van der Waals surface area contributed by atoms with Crippen molar-refractivity contribution in [2.45, 2.75) is 12.8 Å². The second-order valence-electron chi connectivity index (χ2n) is 4.35. The van der Waals surface area contributed by atoms with E-state index in [0.29, 0.717) is 5.56 Å². The van der Waals surface area contributed by atoms with E-state index < -0.39 is 16.4 Å². The predicted octanol–water partition coefficient (Wildman–Crippen LogP) is 1.48. The van der Waals surface area contributed by atoms with Crippen LogP contribution in [0.4, 0.5) is 5.69 Å². The summed E-state index contributed by atoms with van der Waals surface area (Å²) < 4.78 is 0. The molecule has 6 nitrogen and oxygen atoms in total. The number of benzene rings is 1. The number of phenols is 1. The monoisotopic (exact) mass is 250 g/mol. The summed E-state index contributed by atoms with van der Waals surface area (Å²) in [4.78, 5) is 22.2. The van der Waals surface area contributed by atoms with E-state index >= 15 is 0 Å². The van der Waals surface area contributed by atoms with E-state index in [4.69, 9.17) is 0 Å². The highest BCUT2D eigenvalue weighted by molar-refractivity contribution is 5.98. The van der Waals surface area contributed by atoms with Gasteiger partial charge >= 0.3 is 5.69 Å². The first kappa shape index (κ1) is 12.5. The molecule has 2 N–H and O–H groups in total. The van der Waals surface area contributed by atoms with Crippen molar-refractivity contribution in [3.8, 4) is 5.75 Å². The SMILES string of the molecule is O=C(c1ccc(O)c([N+](=O)[O-])c1)C1CCNCC1. The molecule has 0 aliphatic carbocycles. The van der Waals surface area contributed by atoms with Crippen LogP contribution in [0.25, 0.3) is 0 Å². The van der Waals surface area contributed by atoms with Crippen LogP contribution in [0.5, 0.6) is 5.75 Å². The van der Waals surface area contributed by atoms with E-state index in [1.807, 2.05) is 0 Å². The van der Waals surface area contributed by atoms with Crippen LogP contribution in [0.1, 0.15) is 23.2 Å². The van der Waals surface area contributed by atoms with Gasteiger partial charge in [-0.05, 0) is 38.1 Å². The molecule has 0 bridgehead atoms. The molecule has 0 amide bonds. The van der Waals surface area contributed by atoms with Gasteiger partial charge in [0, 0.05) is 17.5 Å². The first-order chi connectivity index (χ1) is 8.59. The Morgan fingerprint density at radius 3 is 2.67 bits per heavy atom. The van der Waals surface area contributed by atoms with Gasteiger partial charge in [-0.25, -0.2) is 0 Å². The molecule has 1 aliphatic rings. The van der Waals surface area contributed by atoms with Crippen molar-refractivity contribution in [3.05, 3.63) is 33.9 Å². The van der Waals surface area contributed by atoms with Gasteiger partial charge in [0.2, 0.25) is 0 Å². The Bertz CT molecular complexity index is 481. The third-order valence-electron chi connectivity index (χ3n) is 3.17. The second kappa shape index (κ2) is 5.14. The fourth-order valence-electron chi connectivity index (χ4n) is 2.14. The van der Waals surface area contributed by atoms with Crippen molar-refractivity contribution in [2.75, 3.05) is 13.1 Å². The maximum atomic E-state index is 12.2. The molecule has 0 saturated carbocycles. The lowest BCUT2D eigenvalue weighted by Gasteiger charge is -2.21. The summed E-state index contributed by atoms with van der Waals surface area (Å²) in [5, 5.41) is 23.2. The smallest absolute Gasteiger partial charge is 0.311 e. The Balaban J connectivity index is 2.24. The number of ketones is 1. The minimum Gasteiger partial charge on any atom is -0.502 e. The third-order valence-corrected chi connectivity index (χ3v) is 3.17. The summed E-state index contributed by atoms with van der Waals surface area (Å²) >= 11 is 0. The highest BCUT2D eigenvalue weighted by Crippen LogP contribution is 2.28. The third kappa shape index (κ3) is 2.48. The van der Waals surface area contributed by atoms with E-state index in [0.717, 1.165) is 32.0 Å². The number of aromatic hydroxyl groups is 1. The number of carbonyl (C=O) groups excluding carboxylic acids is 1. The largest absolute Gasteiger partial charge is 0.502 e. The molecule has 2 rings (SSSR count). The molecule has 0 spiro atoms. The number of nitrogens with one attached hydrogen (secondary N) is 1. The van der Waals surface area contributed by atoms with Crippen molar-refractivity contribution in [2.24, 2.45) is 5.92 Å². The molecule has 96 valence electrons. The number of nitro groups is 1. The maximum absolute atomic E-state index is 12.2. The van der Waals surface area contributed by atoms with Crippen LogP contribution in [0.2, 0.25) is 0 Å². The number of Topliss-reactive ketones (excluding diaryl/α,β-unsaturated/α-hetero) is 1. The van der Waals surface area contributed by atoms with Gasteiger partial charge in [0.15, 0.2) is 11.5 Å². The van der Waals surface area contributed by atoms with Crippen molar-refractivity contribution in [3.63, 3.8) is 0 Å². The molecule has 6 heteroatoms. The zero-order valence-electron chi connectivity index (χ0n) is 9.76. The van der Waals surface area contributed by atoms with Crippen molar-refractivity contribution < 1.29 is 14.8 Å². The van der Waals surface area contributed by atoms with Gasteiger partial charge in [-0.3, -0.25) is 14.9 Å². The standard InChI is InChI=1S/C12H14N2O4/c15-11-2-1-9(7-10(11)14(17)18)12(16)8-3-5-13-6-4-8/h1-2,7-8,13,15H,3-6H2. The molecular weight excluding hydrogens is 236 g/mol. The number of hydrogen-bond donors (Lipinski definition) is 2. The van der Waals surface area contributed by atoms with Crippen molar-refractivity contribution in [1.82, 2.24) is 5.32 Å². The highest BCUT2D eigenvalue weighted by atomic mass is 16.6. The van der Waals surface area contributed by atoms with Crippen LogP contribution in [-0.4, -0.2) is 28.9 Å². The quantitative estimate of drug-likeness (QED) is 0.481. The first-order valence-electron chi connectivity index (χ1n) is 5.82. The number of carbonyl (C=O) groups is 1. The van der Waals surface area contributed by atoms with Crippen molar-refractivity contribution in [1.29, 1.82) is 0 Å². The minimum atomic E-state index is -0.686. The minimum absolute atomic E-state index is 0.0837. The second-order valence-corrected chi connectivity index (χ2v) is 4.35. The number of hydrogen-bond acceptors (Lipinski definition) is 5. The number of phenolic OH excluding ortho intramolecular Hbond substituents is 1. The Labute approximate surface area is 104 Å². The van der Waals surface area contributed by atoms with Crippen LogP contribution in [0.3, 0.4) is 0 Å². The first-order valence-corrected chi connectivity index (χ1v) is 5.82. The zero-order valence-corrected chi connectivity index (χ0v) is 9.76. The number of piperidine rings is 1. The van der Waals surface area contributed by atoms with E-state index in [2.05, 4.69) is 5.32 Å². The molecule has 0 radical (unpaired) electrons. The van der Waals surface area contributed by atoms with Gasteiger partial charge in [-0.15, -0.1) is 0 Å². The number of rotatable bonds is 3. The molecule has 18 heavy (non-hydrogen) atoms. The van der Waals surface area contributed by atoms with Crippen LogP contribution >= 0.6 is 0 Å². The van der Waals surface area contributed by atoms with E-state index in [-0.39, 0.29) is 11.7 Å². The molecule has 1 saturated heterocycles. The average molecular weight is 250 g/mol. The lowest BCUT2D eigenvalue weighted by Crippen LogP contribution is -2.31. The van der Waals surface area contributed by atoms with Gasteiger partial charge in [-0.2, -0.15) is 0 Å².